The number of hydrogen-bond donors (Lipinski definition) is 1. The summed E-state index contributed by atoms with van der Waals surface area (Å²) < 4.78 is 6.22. The van der Waals surface area contributed by atoms with E-state index >= 15 is 0 Å². The Hall–Kier alpha value is -1.67. The lowest BCUT2D eigenvalue weighted by Gasteiger charge is -2.24. The zero-order valence-electron chi connectivity index (χ0n) is 13.4. The first-order valence-electron chi connectivity index (χ1n) is 8.55. The lowest BCUT2D eigenvalue weighted by Crippen LogP contribution is -2.20. The Labute approximate surface area is 143 Å². The van der Waals surface area contributed by atoms with E-state index in [9.17, 15) is 0 Å². The highest BCUT2D eigenvalue weighted by molar-refractivity contribution is 6.30. The van der Waals surface area contributed by atoms with Gasteiger partial charge >= 0.3 is 0 Å². The molecule has 0 amide bonds. The van der Waals surface area contributed by atoms with Crippen molar-refractivity contribution in [1.29, 1.82) is 0 Å². The second-order valence-electron chi connectivity index (χ2n) is 6.18. The average molecular weight is 330 g/mol. The van der Waals surface area contributed by atoms with Gasteiger partial charge < -0.3 is 10.1 Å². The van der Waals surface area contributed by atoms with E-state index in [4.69, 9.17) is 16.3 Å². The number of halogens is 1. The van der Waals surface area contributed by atoms with Crippen LogP contribution in [0.25, 0.3) is 0 Å². The summed E-state index contributed by atoms with van der Waals surface area (Å²) in [4.78, 5) is 0. The molecule has 1 saturated carbocycles. The van der Waals surface area contributed by atoms with Crippen LogP contribution in [0.2, 0.25) is 5.02 Å². The predicted octanol–water partition coefficient (Wildman–Crippen LogP) is 5.71. The van der Waals surface area contributed by atoms with Crippen LogP contribution >= 0.6 is 11.6 Å². The van der Waals surface area contributed by atoms with Crippen molar-refractivity contribution < 1.29 is 4.74 Å². The fourth-order valence-corrected chi connectivity index (χ4v) is 3.20. The minimum atomic E-state index is 0.378. The average Bonchev–Trinajstić information content (AvgIpc) is 2.59. The molecule has 2 aromatic rings. The Morgan fingerprint density at radius 2 is 1.70 bits per heavy atom. The summed E-state index contributed by atoms with van der Waals surface area (Å²) >= 11 is 5.92. The van der Waals surface area contributed by atoms with E-state index in [1.165, 1.54) is 37.7 Å². The normalized spacial score (nSPS) is 15.3. The largest absolute Gasteiger partial charge is 0.488 e. The number of benzene rings is 2. The second kappa shape index (κ2) is 8.26. The first-order chi connectivity index (χ1) is 11.3. The molecule has 0 bridgehead atoms. The lowest BCUT2D eigenvalue weighted by molar-refractivity contribution is 0.156. The number of hydrogen-bond acceptors (Lipinski definition) is 2. The number of anilines is 1. The second-order valence-corrected chi connectivity index (χ2v) is 6.61. The predicted molar refractivity (Wildman–Crippen MR) is 97.6 cm³/mol. The van der Waals surface area contributed by atoms with Crippen LogP contribution in [0.1, 0.15) is 37.7 Å². The number of ether oxygens (including phenoxy) is 1. The van der Waals surface area contributed by atoms with E-state index < -0.39 is 0 Å². The SMILES string of the molecule is Clc1ccc(CCNc2ccccc2OC2CCCCC2)cc1. The van der Waals surface area contributed by atoms with E-state index in [1.54, 1.807) is 0 Å². The van der Waals surface area contributed by atoms with E-state index in [-0.39, 0.29) is 0 Å². The third-order valence-corrected chi connectivity index (χ3v) is 4.63. The van der Waals surface area contributed by atoms with Crippen molar-refractivity contribution in [3.05, 3.63) is 59.1 Å². The quantitative estimate of drug-likeness (QED) is 0.733. The topological polar surface area (TPSA) is 21.3 Å². The van der Waals surface area contributed by atoms with Gasteiger partial charge in [0.1, 0.15) is 5.75 Å². The van der Waals surface area contributed by atoms with Gasteiger partial charge in [-0.25, -0.2) is 0 Å². The van der Waals surface area contributed by atoms with Gasteiger partial charge in [-0.2, -0.15) is 0 Å². The molecule has 0 heterocycles. The van der Waals surface area contributed by atoms with Crippen molar-refractivity contribution in [3.63, 3.8) is 0 Å². The van der Waals surface area contributed by atoms with Gasteiger partial charge in [-0.1, -0.05) is 42.3 Å². The van der Waals surface area contributed by atoms with Crippen molar-refractivity contribution in [3.8, 4) is 5.75 Å². The van der Waals surface area contributed by atoms with Gasteiger partial charge in [-0.15, -0.1) is 0 Å². The van der Waals surface area contributed by atoms with E-state index in [0.29, 0.717) is 6.10 Å². The van der Waals surface area contributed by atoms with Crippen molar-refractivity contribution >= 4 is 17.3 Å². The molecule has 1 fully saturated rings. The Balaban J connectivity index is 1.55. The molecule has 1 N–H and O–H groups in total. The molecule has 23 heavy (non-hydrogen) atoms. The molecule has 0 aromatic heterocycles. The van der Waals surface area contributed by atoms with Gasteiger partial charge in [-0.3, -0.25) is 0 Å². The highest BCUT2D eigenvalue weighted by Crippen LogP contribution is 2.29. The highest BCUT2D eigenvalue weighted by atomic mass is 35.5. The molecule has 0 unspecified atom stereocenters. The zero-order valence-corrected chi connectivity index (χ0v) is 14.2. The van der Waals surface area contributed by atoms with Gasteiger partial charge in [0.05, 0.1) is 11.8 Å². The van der Waals surface area contributed by atoms with Gasteiger partial charge in [0.2, 0.25) is 0 Å². The smallest absolute Gasteiger partial charge is 0.142 e. The van der Waals surface area contributed by atoms with Crippen LogP contribution < -0.4 is 10.1 Å². The molecule has 0 atom stereocenters. The molecule has 0 aliphatic heterocycles. The maximum absolute atomic E-state index is 6.22. The van der Waals surface area contributed by atoms with Crippen LogP contribution in [0.15, 0.2) is 48.5 Å². The first kappa shape index (κ1) is 16.2. The Kier molecular flexibility index (Phi) is 5.82. The standard InChI is InChI=1S/C20H24ClNO/c21-17-12-10-16(11-13-17)14-15-22-19-8-4-5-9-20(19)23-18-6-2-1-3-7-18/h4-5,8-13,18,22H,1-3,6-7,14-15H2. The summed E-state index contributed by atoms with van der Waals surface area (Å²) in [6.45, 7) is 0.882. The fraction of sp³-hybridized carbons (Fsp3) is 0.400. The number of rotatable bonds is 6. The lowest BCUT2D eigenvalue weighted by atomic mass is 9.98. The monoisotopic (exact) mass is 329 g/mol. The van der Waals surface area contributed by atoms with E-state index in [1.807, 2.05) is 18.2 Å². The van der Waals surface area contributed by atoms with Gasteiger partial charge in [0.15, 0.2) is 0 Å². The molecular formula is C20H24ClNO. The van der Waals surface area contributed by atoms with Crippen molar-refractivity contribution in [2.75, 3.05) is 11.9 Å². The van der Waals surface area contributed by atoms with Gasteiger partial charge in [-0.05, 0) is 61.9 Å². The summed E-state index contributed by atoms with van der Waals surface area (Å²) in [6, 6.07) is 16.3. The fourth-order valence-electron chi connectivity index (χ4n) is 3.07. The van der Waals surface area contributed by atoms with Crippen molar-refractivity contribution in [2.45, 2.75) is 44.6 Å². The molecule has 3 rings (SSSR count). The zero-order chi connectivity index (χ0) is 15.9. The summed E-state index contributed by atoms with van der Waals surface area (Å²) in [5.74, 6) is 0.982. The Morgan fingerprint density at radius 3 is 2.48 bits per heavy atom. The van der Waals surface area contributed by atoms with Crippen LogP contribution in [-0.4, -0.2) is 12.6 Å². The van der Waals surface area contributed by atoms with Crippen LogP contribution in [0.5, 0.6) is 5.75 Å². The Morgan fingerprint density at radius 1 is 0.957 bits per heavy atom. The molecule has 1 aliphatic carbocycles. The van der Waals surface area contributed by atoms with Crippen LogP contribution in [-0.2, 0) is 6.42 Å². The number of para-hydroxylation sites is 2. The highest BCUT2D eigenvalue weighted by Gasteiger charge is 2.16. The van der Waals surface area contributed by atoms with Gasteiger partial charge in [0, 0.05) is 11.6 Å². The molecule has 2 nitrogen and oxygen atoms in total. The molecule has 3 heteroatoms. The third kappa shape index (κ3) is 4.90. The third-order valence-electron chi connectivity index (χ3n) is 4.38. The maximum Gasteiger partial charge on any atom is 0.142 e. The summed E-state index contributed by atoms with van der Waals surface area (Å²) in [5, 5.41) is 4.29. The molecule has 0 radical (unpaired) electrons. The molecule has 0 spiro atoms. The molecular weight excluding hydrogens is 306 g/mol. The van der Waals surface area contributed by atoms with Crippen LogP contribution in [0.3, 0.4) is 0 Å². The summed E-state index contributed by atoms with van der Waals surface area (Å²) in [5.41, 5.74) is 2.37. The van der Waals surface area contributed by atoms with Crippen molar-refractivity contribution in [2.24, 2.45) is 0 Å². The summed E-state index contributed by atoms with van der Waals surface area (Å²) in [7, 11) is 0. The molecule has 122 valence electrons. The Bertz CT molecular complexity index is 605. The summed E-state index contributed by atoms with van der Waals surface area (Å²) in [6.07, 6.45) is 7.63. The van der Waals surface area contributed by atoms with E-state index in [0.717, 1.165) is 29.4 Å². The number of nitrogens with one attached hydrogen (secondary N) is 1. The van der Waals surface area contributed by atoms with Crippen LogP contribution in [0, 0.1) is 0 Å². The first-order valence-corrected chi connectivity index (χ1v) is 8.93. The molecule has 2 aromatic carbocycles. The minimum Gasteiger partial charge on any atom is -0.488 e. The molecule has 0 saturated heterocycles. The van der Waals surface area contributed by atoms with Crippen LogP contribution in [0.4, 0.5) is 5.69 Å². The van der Waals surface area contributed by atoms with Crippen molar-refractivity contribution in [1.82, 2.24) is 0 Å². The van der Waals surface area contributed by atoms with E-state index in [2.05, 4.69) is 35.6 Å². The molecule has 1 aliphatic rings. The maximum atomic E-state index is 6.22. The minimum absolute atomic E-state index is 0.378. The van der Waals surface area contributed by atoms with Gasteiger partial charge in [0.25, 0.3) is 0 Å².